The molecule has 1 saturated heterocycles. The SMILES string of the molecule is C[C@]12CC[C@H]3[C@@H](CCC4CC(=O)C=C[C@@H]43)[C@@H]1CC[C@@]21CCC(=O)O1. The number of rotatable bonds is 0. The lowest BCUT2D eigenvalue weighted by atomic mass is 9.50. The maximum Gasteiger partial charge on any atom is 0.306 e. The van der Waals surface area contributed by atoms with E-state index in [9.17, 15) is 9.59 Å². The third-order valence-corrected chi connectivity index (χ3v) is 8.70. The Bertz CT molecular complexity index is 623. The second kappa shape index (κ2) is 4.95. The van der Waals surface area contributed by atoms with Crippen LogP contribution in [0.25, 0.3) is 0 Å². The van der Waals surface area contributed by atoms with Crippen LogP contribution in [-0.4, -0.2) is 17.4 Å². The van der Waals surface area contributed by atoms with Crippen LogP contribution in [0.2, 0.25) is 0 Å². The van der Waals surface area contributed by atoms with Crippen LogP contribution in [0.15, 0.2) is 12.2 Å². The Balaban J connectivity index is 1.45. The van der Waals surface area contributed by atoms with Gasteiger partial charge in [0.25, 0.3) is 0 Å². The first-order chi connectivity index (χ1) is 11.5. The van der Waals surface area contributed by atoms with Crippen molar-refractivity contribution in [2.45, 2.75) is 70.3 Å². The number of ether oxygens (including phenoxy) is 1. The molecule has 0 aromatic rings. The molecule has 0 amide bonds. The molecule has 4 aliphatic carbocycles. The molecule has 1 aliphatic heterocycles. The standard InChI is InChI=1S/C21H28O3/c1-20-9-6-16-15-5-3-14(22)12-13(15)2-4-17(16)18(20)7-10-21(20)11-8-19(23)24-21/h3,5,13,15-18H,2,4,6-12H2,1H3/t13?,15-,16+,17+,18-,20-,21+/m0/s1. The summed E-state index contributed by atoms with van der Waals surface area (Å²) in [6.07, 6.45) is 13.7. The van der Waals surface area contributed by atoms with Gasteiger partial charge in [-0.05, 0) is 80.6 Å². The summed E-state index contributed by atoms with van der Waals surface area (Å²) in [5, 5.41) is 0. The molecule has 1 unspecified atom stereocenters. The third kappa shape index (κ3) is 1.84. The van der Waals surface area contributed by atoms with Crippen LogP contribution < -0.4 is 0 Å². The Morgan fingerprint density at radius 2 is 1.92 bits per heavy atom. The Labute approximate surface area is 144 Å². The van der Waals surface area contributed by atoms with Crippen LogP contribution in [0.4, 0.5) is 0 Å². The highest BCUT2D eigenvalue weighted by atomic mass is 16.6. The highest BCUT2D eigenvalue weighted by molar-refractivity contribution is 5.90. The minimum atomic E-state index is -0.158. The van der Waals surface area contributed by atoms with Gasteiger partial charge in [0, 0.05) is 18.3 Å². The van der Waals surface area contributed by atoms with Gasteiger partial charge in [0.2, 0.25) is 0 Å². The van der Waals surface area contributed by atoms with Gasteiger partial charge in [-0.25, -0.2) is 0 Å². The van der Waals surface area contributed by atoms with E-state index in [2.05, 4.69) is 13.0 Å². The van der Waals surface area contributed by atoms with Crippen molar-refractivity contribution < 1.29 is 14.3 Å². The highest BCUT2D eigenvalue weighted by Gasteiger charge is 2.65. The van der Waals surface area contributed by atoms with Gasteiger partial charge in [0.15, 0.2) is 5.78 Å². The summed E-state index contributed by atoms with van der Waals surface area (Å²) in [6.45, 7) is 2.42. The largest absolute Gasteiger partial charge is 0.458 e. The van der Waals surface area contributed by atoms with Crippen LogP contribution in [0, 0.1) is 35.0 Å². The lowest BCUT2D eigenvalue weighted by Crippen LogP contribution is -2.53. The fourth-order valence-electron chi connectivity index (χ4n) is 7.54. The predicted octanol–water partition coefficient (Wildman–Crippen LogP) is 4.06. The molecule has 0 N–H and O–H groups in total. The van der Waals surface area contributed by atoms with Crippen molar-refractivity contribution in [2.75, 3.05) is 0 Å². The second-order valence-electron chi connectivity index (χ2n) is 9.34. The van der Waals surface area contributed by atoms with Gasteiger partial charge in [-0.15, -0.1) is 0 Å². The monoisotopic (exact) mass is 328 g/mol. The second-order valence-corrected chi connectivity index (χ2v) is 9.34. The number of esters is 1. The number of hydrogen-bond acceptors (Lipinski definition) is 3. The van der Waals surface area contributed by atoms with Gasteiger partial charge in [0.05, 0.1) is 0 Å². The smallest absolute Gasteiger partial charge is 0.306 e. The van der Waals surface area contributed by atoms with Crippen molar-refractivity contribution in [3.05, 3.63) is 12.2 Å². The summed E-state index contributed by atoms with van der Waals surface area (Å²) >= 11 is 0. The number of allylic oxidation sites excluding steroid dienone is 2. The van der Waals surface area contributed by atoms with Crippen molar-refractivity contribution in [1.82, 2.24) is 0 Å². The normalized spacial score (nSPS) is 52.8. The van der Waals surface area contributed by atoms with E-state index in [1.807, 2.05) is 6.08 Å². The van der Waals surface area contributed by atoms with Gasteiger partial charge < -0.3 is 4.74 Å². The van der Waals surface area contributed by atoms with E-state index in [0.717, 1.165) is 31.1 Å². The maximum atomic E-state index is 11.9. The fourth-order valence-corrected chi connectivity index (χ4v) is 7.54. The van der Waals surface area contributed by atoms with E-state index in [4.69, 9.17) is 4.74 Å². The van der Waals surface area contributed by atoms with E-state index in [1.54, 1.807) is 0 Å². The third-order valence-electron chi connectivity index (χ3n) is 8.70. The number of hydrogen-bond donors (Lipinski definition) is 0. The molecule has 0 radical (unpaired) electrons. The first-order valence-electron chi connectivity index (χ1n) is 9.95. The van der Waals surface area contributed by atoms with E-state index >= 15 is 0 Å². The van der Waals surface area contributed by atoms with E-state index in [0.29, 0.717) is 30.0 Å². The van der Waals surface area contributed by atoms with Crippen LogP contribution in [0.1, 0.15) is 64.7 Å². The Morgan fingerprint density at radius 1 is 1.04 bits per heavy atom. The van der Waals surface area contributed by atoms with Crippen LogP contribution in [0.3, 0.4) is 0 Å². The summed E-state index contributed by atoms with van der Waals surface area (Å²) in [7, 11) is 0. The van der Waals surface area contributed by atoms with Crippen molar-refractivity contribution in [3.63, 3.8) is 0 Å². The molecule has 0 aromatic heterocycles. The summed E-state index contributed by atoms with van der Waals surface area (Å²) < 4.78 is 5.99. The molecule has 5 rings (SSSR count). The zero-order chi connectivity index (χ0) is 16.5. The summed E-state index contributed by atoms with van der Waals surface area (Å²) in [5.74, 6) is 3.78. The van der Waals surface area contributed by atoms with Gasteiger partial charge >= 0.3 is 5.97 Å². The molecule has 1 heterocycles. The number of ketones is 1. The van der Waals surface area contributed by atoms with Crippen LogP contribution >= 0.6 is 0 Å². The van der Waals surface area contributed by atoms with Gasteiger partial charge in [0.1, 0.15) is 5.60 Å². The molecule has 1 spiro atoms. The van der Waals surface area contributed by atoms with Gasteiger partial charge in [-0.1, -0.05) is 13.0 Å². The van der Waals surface area contributed by atoms with Crippen molar-refractivity contribution in [1.29, 1.82) is 0 Å². The quantitative estimate of drug-likeness (QED) is 0.630. The van der Waals surface area contributed by atoms with Crippen molar-refractivity contribution >= 4 is 11.8 Å². The Hall–Kier alpha value is -1.12. The molecule has 0 bridgehead atoms. The summed E-state index contributed by atoms with van der Waals surface area (Å²) in [6, 6.07) is 0. The Kier molecular flexibility index (Phi) is 3.13. The minimum Gasteiger partial charge on any atom is -0.458 e. The molecule has 3 saturated carbocycles. The molecule has 5 aliphatic rings. The van der Waals surface area contributed by atoms with Crippen molar-refractivity contribution in [3.8, 4) is 0 Å². The molecule has 3 nitrogen and oxygen atoms in total. The molecule has 7 atom stereocenters. The molecule has 3 heteroatoms. The lowest BCUT2D eigenvalue weighted by molar-refractivity contribution is -0.167. The van der Waals surface area contributed by atoms with E-state index < -0.39 is 0 Å². The van der Waals surface area contributed by atoms with Crippen LogP contribution in [0.5, 0.6) is 0 Å². The lowest BCUT2D eigenvalue weighted by Gasteiger charge is -2.56. The minimum absolute atomic E-state index is 0.0245. The highest BCUT2D eigenvalue weighted by Crippen LogP contribution is 2.67. The number of fused-ring (bicyclic) bond motifs is 6. The molecular formula is C21H28O3. The summed E-state index contributed by atoms with van der Waals surface area (Å²) in [4.78, 5) is 23.6. The zero-order valence-corrected chi connectivity index (χ0v) is 14.6. The van der Waals surface area contributed by atoms with E-state index in [1.165, 1.54) is 32.1 Å². The average molecular weight is 328 g/mol. The fraction of sp³-hybridized carbons (Fsp3) is 0.810. The molecule has 4 fully saturated rings. The van der Waals surface area contributed by atoms with Gasteiger partial charge in [-0.2, -0.15) is 0 Å². The average Bonchev–Trinajstić information content (AvgIpc) is 3.08. The predicted molar refractivity (Wildman–Crippen MR) is 90.1 cm³/mol. The number of carbonyl (C=O) groups excluding carboxylic acids is 2. The molecule has 24 heavy (non-hydrogen) atoms. The first-order valence-corrected chi connectivity index (χ1v) is 9.95. The zero-order valence-electron chi connectivity index (χ0n) is 14.6. The molecule has 0 aromatic carbocycles. The van der Waals surface area contributed by atoms with Gasteiger partial charge in [-0.3, -0.25) is 9.59 Å². The molecule has 130 valence electrons. The van der Waals surface area contributed by atoms with Crippen LogP contribution in [-0.2, 0) is 14.3 Å². The summed E-state index contributed by atoms with van der Waals surface area (Å²) in [5.41, 5.74) is 0.0241. The Morgan fingerprint density at radius 3 is 2.71 bits per heavy atom. The van der Waals surface area contributed by atoms with Crippen molar-refractivity contribution in [2.24, 2.45) is 35.0 Å². The topological polar surface area (TPSA) is 43.4 Å². The maximum absolute atomic E-state index is 11.9. The first kappa shape index (κ1) is 15.2. The molecular weight excluding hydrogens is 300 g/mol. The van der Waals surface area contributed by atoms with E-state index in [-0.39, 0.29) is 17.0 Å². The number of carbonyl (C=O) groups is 2.